The summed E-state index contributed by atoms with van der Waals surface area (Å²) in [6.07, 6.45) is 1.82. The SMILES string of the molecule is CC(C)(C)[Si-](C)(C)Nc1nc(Cl)c2cc[nH]c2n1. The van der Waals surface area contributed by atoms with E-state index in [1.165, 1.54) is 0 Å². The summed E-state index contributed by atoms with van der Waals surface area (Å²) in [6.45, 7) is 11.2. The predicted octanol–water partition coefficient (Wildman–Crippen LogP) is 4.03. The molecule has 18 heavy (non-hydrogen) atoms. The molecular weight excluding hydrogens is 264 g/mol. The molecule has 0 unspecified atom stereocenters. The Hall–Kier alpha value is -1.07. The largest absolute Gasteiger partial charge is 0.504 e. The lowest BCUT2D eigenvalue weighted by Crippen LogP contribution is -2.46. The first-order valence-corrected chi connectivity index (χ1v) is 9.37. The van der Waals surface area contributed by atoms with Gasteiger partial charge in [0.05, 0.1) is 5.39 Å². The molecule has 6 heteroatoms. The molecule has 2 aromatic rings. The Labute approximate surface area is 113 Å². The lowest BCUT2D eigenvalue weighted by atomic mass is 10.2. The minimum Gasteiger partial charge on any atom is -0.504 e. The van der Waals surface area contributed by atoms with Crippen molar-refractivity contribution in [3.8, 4) is 0 Å². The summed E-state index contributed by atoms with van der Waals surface area (Å²) in [7, 11) is -1.68. The Morgan fingerprint density at radius 2 is 1.94 bits per heavy atom. The number of halogens is 1. The van der Waals surface area contributed by atoms with Gasteiger partial charge in [-0.25, -0.2) is 4.98 Å². The normalized spacial score (nSPS) is 13.0. The average molecular weight is 283 g/mol. The van der Waals surface area contributed by atoms with E-state index in [-0.39, 0.29) is 5.04 Å². The number of aromatic nitrogens is 3. The molecule has 4 nitrogen and oxygen atoms in total. The van der Waals surface area contributed by atoms with Crippen molar-refractivity contribution in [3.63, 3.8) is 0 Å². The van der Waals surface area contributed by atoms with Crippen LogP contribution in [0.4, 0.5) is 5.95 Å². The second-order valence-corrected chi connectivity index (χ2v) is 11.4. The molecule has 2 rings (SSSR count). The van der Waals surface area contributed by atoms with E-state index in [0.717, 1.165) is 11.0 Å². The third-order valence-electron chi connectivity index (χ3n) is 3.67. The van der Waals surface area contributed by atoms with Crippen LogP contribution in [0, 0.1) is 0 Å². The van der Waals surface area contributed by atoms with E-state index in [0.29, 0.717) is 11.1 Å². The summed E-state index contributed by atoms with van der Waals surface area (Å²) in [6, 6.07) is 1.88. The van der Waals surface area contributed by atoms with Gasteiger partial charge < -0.3 is 9.97 Å². The van der Waals surface area contributed by atoms with E-state index in [1.807, 2.05) is 12.3 Å². The number of hydrogen-bond donors (Lipinski definition) is 2. The number of anilines is 1. The molecule has 99 valence electrons. The van der Waals surface area contributed by atoms with E-state index in [1.54, 1.807) is 0 Å². The molecule has 2 heterocycles. The Kier molecular flexibility index (Phi) is 3.15. The van der Waals surface area contributed by atoms with Crippen molar-refractivity contribution >= 4 is 36.8 Å². The van der Waals surface area contributed by atoms with Gasteiger partial charge in [0.1, 0.15) is 10.8 Å². The van der Waals surface area contributed by atoms with Gasteiger partial charge in [0.15, 0.2) is 5.95 Å². The zero-order valence-electron chi connectivity index (χ0n) is 11.4. The van der Waals surface area contributed by atoms with Crippen molar-refractivity contribution in [1.82, 2.24) is 15.0 Å². The van der Waals surface area contributed by atoms with E-state index in [2.05, 4.69) is 53.8 Å². The number of nitrogens with zero attached hydrogens (tertiary/aromatic N) is 2. The van der Waals surface area contributed by atoms with Crippen LogP contribution in [0.25, 0.3) is 11.0 Å². The molecular formula is C12H19ClN4Si-. The Morgan fingerprint density at radius 3 is 2.56 bits per heavy atom. The van der Waals surface area contributed by atoms with Crippen LogP contribution in [0.2, 0.25) is 23.3 Å². The van der Waals surface area contributed by atoms with Crippen LogP contribution >= 0.6 is 11.6 Å². The molecule has 0 fully saturated rings. The summed E-state index contributed by atoms with van der Waals surface area (Å²) in [5.41, 5.74) is 0.774. The Balaban J connectivity index is 2.38. The maximum absolute atomic E-state index is 6.15. The second kappa shape index (κ2) is 4.24. The predicted molar refractivity (Wildman–Crippen MR) is 79.7 cm³/mol. The van der Waals surface area contributed by atoms with E-state index < -0.39 is 8.24 Å². The zero-order valence-corrected chi connectivity index (χ0v) is 13.2. The van der Waals surface area contributed by atoms with Crippen molar-refractivity contribution in [2.45, 2.75) is 38.9 Å². The van der Waals surface area contributed by atoms with Gasteiger partial charge in [0.2, 0.25) is 0 Å². The van der Waals surface area contributed by atoms with Crippen molar-refractivity contribution in [2.75, 3.05) is 4.98 Å². The van der Waals surface area contributed by atoms with Gasteiger partial charge in [-0.2, -0.15) is 18.1 Å². The molecule has 0 aromatic carbocycles. The van der Waals surface area contributed by atoms with Crippen LogP contribution in [0.5, 0.6) is 0 Å². The summed E-state index contributed by atoms with van der Waals surface area (Å²) >= 11 is 6.15. The van der Waals surface area contributed by atoms with Crippen LogP contribution in [0.1, 0.15) is 20.8 Å². The summed E-state index contributed by atoms with van der Waals surface area (Å²) in [4.78, 5) is 15.4. The minimum atomic E-state index is -1.68. The number of aromatic amines is 1. The minimum absolute atomic E-state index is 0.216. The molecule has 0 saturated carbocycles. The lowest BCUT2D eigenvalue weighted by molar-refractivity contribution is 0.722. The third-order valence-corrected chi connectivity index (χ3v) is 8.56. The van der Waals surface area contributed by atoms with Gasteiger partial charge in [0, 0.05) is 6.20 Å². The van der Waals surface area contributed by atoms with Crippen LogP contribution in [-0.2, 0) is 0 Å². The van der Waals surface area contributed by atoms with Crippen LogP contribution in [0.3, 0.4) is 0 Å². The van der Waals surface area contributed by atoms with Crippen molar-refractivity contribution in [2.24, 2.45) is 0 Å². The smallest absolute Gasteiger partial charge is 0.189 e. The quantitative estimate of drug-likeness (QED) is 0.646. The van der Waals surface area contributed by atoms with E-state index >= 15 is 0 Å². The number of H-pyrrole nitrogens is 1. The van der Waals surface area contributed by atoms with E-state index in [9.17, 15) is 0 Å². The Bertz CT molecular complexity index is 571. The monoisotopic (exact) mass is 282 g/mol. The van der Waals surface area contributed by atoms with Gasteiger partial charge in [-0.15, -0.1) is 5.04 Å². The number of nitrogens with one attached hydrogen (secondary N) is 2. The molecule has 0 aliphatic heterocycles. The molecule has 0 aliphatic rings. The van der Waals surface area contributed by atoms with Crippen molar-refractivity contribution < 1.29 is 0 Å². The highest BCUT2D eigenvalue weighted by atomic mass is 35.5. The van der Waals surface area contributed by atoms with Gasteiger partial charge >= 0.3 is 0 Å². The van der Waals surface area contributed by atoms with Crippen LogP contribution in [-0.4, -0.2) is 23.2 Å². The maximum Gasteiger partial charge on any atom is 0.189 e. The summed E-state index contributed by atoms with van der Waals surface area (Å²) < 4.78 is 0. The third kappa shape index (κ3) is 2.37. The lowest BCUT2D eigenvalue weighted by Gasteiger charge is -2.48. The first-order valence-electron chi connectivity index (χ1n) is 5.99. The molecule has 2 aromatic heterocycles. The van der Waals surface area contributed by atoms with Crippen LogP contribution < -0.4 is 4.98 Å². The molecule has 0 aliphatic carbocycles. The maximum atomic E-state index is 6.15. The first kappa shape index (κ1) is 13.4. The van der Waals surface area contributed by atoms with Gasteiger partial charge in [-0.1, -0.05) is 32.4 Å². The summed E-state index contributed by atoms with van der Waals surface area (Å²) in [5.74, 6) is 0.613. The van der Waals surface area contributed by atoms with Crippen LogP contribution in [0.15, 0.2) is 12.3 Å². The highest BCUT2D eigenvalue weighted by Crippen LogP contribution is 2.36. The number of rotatable bonds is 2. The molecule has 0 bridgehead atoms. The topological polar surface area (TPSA) is 53.6 Å². The van der Waals surface area contributed by atoms with Crippen molar-refractivity contribution in [1.29, 1.82) is 0 Å². The Morgan fingerprint density at radius 1 is 1.28 bits per heavy atom. The van der Waals surface area contributed by atoms with E-state index in [4.69, 9.17) is 11.6 Å². The standard InChI is InChI=1S/C12H19ClN4Si/c1-12(2,3)18(4,5)17-11-15-9(13)8-6-7-14-10(8)16-11/h6-7H,1-5H3,(H2,14,15,16,17)/q-1. The van der Waals surface area contributed by atoms with Crippen molar-refractivity contribution in [3.05, 3.63) is 17.4 Å². The molecule has 0 saturated heterocycles. The molecule has 0 radical (unpaired) electrons. The highest BCUT2D eigenvalue weighted by Gasteiger charge is 2.24. The summed E-state index contributed by atoms with van der Waals surface area (Å²) in [5, 5.41) is 1.56. The molecule has 2 N–H and O–H groups in total. The average Bonchev–Trinajstić information content (AvgIpc) is 2.63. The fraction of sp³-hybridized carbons (Fsp3) is 0.500. The molecule has 0 atom stereocenters. The number of hydrogen-bond acceptors (Lipinski definition) is 3. The van der Waals surface area contributed by atoms with Gasteiger partial charge in [0.25, 0.3) is 0 Å². The fourth-order valence-electron chi connectivity index (χ4n) is 1.43. The highest BCUT2D eigenvalue weighted by molar-refractivity contribution is 6.82. The first-order chi connectivity index (χ1) is 8.21. The zero-order chi connectivity index (χ0) is 13.6. The molecule has 0 amide bonds. The van der Waals surface area contributed by atoms with Gasteiger partial charge in [-0.05, 0) is 14.3 Å². The second-order valence-electron chi connectivity index (χ2n) is 6.08. The molecule has 0 spiro atoms. The fourth-order valence-corrected chi connectivity index (χ4v) is 2.70. The number of fused-ring (bicyclic) bond motifs is 1. The van der Waals surface area contributed by atoms with Gasteiger partial charge in [-0.3, -0.25) is 0 Å².